The zero-order valence-electron chi connectivity index (χ0n) is 16.3. The normalized spacial score (nSPS) is 12.5. The highest BCUT2D eigenvalue weighted by Crippen LogP contribution is 2.29. The van der Waals surface area contributed by atoms with Crippen molar-refractivity contribution in [3.63, 3.8) is 0 Å². The summed E-state index contributed by atoms with van der Waals surface area (Å²) >= 11 is 0. The Bertz CT molecular complexity index is 1120. The molecule has 0 atom stereocenters. The van der Waals surface area contributed by atoms with E-state index in [4.69, 9.17) is 0 Å². The molecule has 0 saturated carbocycles. The minimum atomic E-state index is -2.97. The molecule has 160 valence electrons. The van der Waals surface area contributed by atoms with E-state index in [-0.39, 0.29) is 35.8 Å². The number of benzene rings is 2. The van der Waals surface area contributed by atoms with Gasteiger partial charge in [-0.3, -0.25) is 20.0 Å². The van der Waals surface area contributed by atoms with Crippen molar-refractivity contribution in [3.8, 4) is 17.1 Å². The van der Waals surface area contributed by atoms with E-state index >= 15 is 0 Å². The summed E-state index contributed by atoms with van der Waals surface area (Å²) in [5.74, 6) is -0.0685. The Hall–Kier alpha value is -3.82. The van der Waals surface area contributed by atoms with Crippen molar-refractivity contribution in [2.24, 2.45) is 0 Å². The molecule has 31 heavy (non-hydrogen) atoms. The van der Waals surface area contributed by atoms with Crippen molar-refractivity contribution < 1.29 is 23.1 Å². The van der Waals surface area contributed by atoms with E-state index in [0.717, 1.165) is 16.8 Å². The van der Waals surface area contributed by atoms with Crippen molar-refractivity contribution in [3.05, 3.63) is 53.6 Å². The maximum absolute atomic E-state index is 12.6. The molecule has 0 bridgehead atoms. The summed E-state index contributed by atoms with van der Waals surface area (Å²) in [4.78, 5) is 27.8. The fourth-order valence-electron chi connectivity index (χ4n) is 3.38. The maximum Gasteiger partial charge on any atom is 0.387 e. The van der Waals surface area contributed by atoms with E-state index in [1.807, 2.05) is 18.2 Å². The standard InChI is InChI=1S/C21H19F2N5O3/c22-20(23)31-16-6-2-1-5-14(16)19-26-21(28-27-19)25-17(29)7-3-4-12-8-9-15-13(10-12)11-18(30)24-15/h1-2,5-6,8-10,20H,3-4,7,11H2,(H,24,30)(H2,25,26,27,28,29). The summed E-state index contributed by atoms with van der Waals surface area (Å²) in [6.45, 7) is -2.97. The first kappa shape index (κ1) is 20.5. The van der Waals surface area contributed by atoms with Gasteiger partial charge in [-0.05, 0) is 42.2 Å². The molecule has 0 radical (unpaired) electrons. The Morgan fingerprint density at radius 1 is 1.23 bits per heavy atom. The van der Waals surface area contributed by atoms with Gasteiger partial charge in [0.25, 0.3) is 0 Å². The number of anilines is 2. The van der Waals surface area contributed by atoms with E-state index in [0.29, 0.717) is 24.8 Å². The summed E-state index contributed by atoms with van der Waals surface area (Å²) in [5.41, 5.74) is 3.17. The second-order valence-electron chi connectivity index (χ2n) is 7.00. The summed E-state index contributed by atoms with van der Waals surface area (Å²) in [6.07, 6.45) is 1.92. The van der Waals surface area contributed by atoms with Gasteiger partial charge in [0.05, 0.1) is 12.0 Å². The van der Waals surface area contributed by atoms with Crippen LogP contribution in [0.3, 0.4) is 0 Å². The lowest BCUT2D eigenvalue weighted by molar-refractivity contribution is -0.116. The summed E-state index contributed by atoms with van der Waals surface area (Å²) < 4.78 is 29.6. The highest BCUT2D eigenvalue weighted by atomic mass is 19.3. The van der Waals surface area contributed by atoms with E-state index < -0.39 is 6.61 Å². The Labute approximate surface area is 176 Å². The number of rotatable bonds is 8. The van der Waals surface area contributed by atoms with Crippen LogP contribution in [0.2, 0.25) is 0 Å². The van der Waals surface area contributed by atoms with Crippen LogP contribution >= 0.6 is 0 Å². The van der Waals surface area contributed by atoms with Crippen LogP contribution in [-0.4, -0.2) is 33.6 Å². The number of carbonyl (C=O) groups excluding carboxylic acids is 2. The number of aromatic nitrogens is 3. The number of hydrogen-bond acceptors (Lipinski definition) is 5. The van der Waals surface area contributed by atoms with Gasteiger partial charge in [0.15, 0.2) is 5.82 Å². The van der Waals surface area contributed by atoms with Gasteiger partial charge in [-0.1, -0.05) is 24.3 Å². The lowest BCUT2D eigenvalue weighted by Crippen LogP contribution is -2.12. The average Bonchev–Trinajstić information content (AvgIpc) is 3.33. The molecule has 0 saturated heterocycles. The maximum atomic E-state index is 12.6. The first-order chi connectivity index (χ1) is 15.0. The number of fused-ring (bicyclic) bond motifs is 1. The van der Waals surface area contributed by atoms with Crippen molar-refractivity contribution in [2.45, 2.75) is 32.3 Å². The van der Waals surface area contributed by atoms with Crippen molar-refractivity contribution in [1.82, 2.24) is 15.2 Å². The van der Waals surface area contributed by atoms with Crippen LogP contribution in [0.1, 0.15) is 24.0 Å². The number of carbonyl (C=O) groups is 2. The molecule has 8 nitrogen and oxygen atoms in total. The third kappa shape index (κ3) is 5.03. The van der Waals surface area contributed by atoms with Crippen LogP contribution in [0.5, 0.6) is 5.75 Å². The van der Waals surface area contributed by atoms with Crippen LogP contribution < -0.4 is 15.4 Å². The lowest BCUT2D eigenvalue weighted by Gasteiger charge is -2.07. The van der Waals surface area contributed by atoms with Gasteiger partial charge in [0.1, 0.15) is 5.75 Å². The number of hydrogen-bond donors (Lipinski definition) is 3. The molecule has 2 heterocycles. The molecular weight excluding hydrogens is 408 g/mol. The van der Waals surface area contributed by atoms with Crippen LogP contribution in [0.4, 0.5) is 20.4 Å². The number of aromatic amines is 1. The Kier molecular flexibility index (Phi) is 5.87. The Morgan fingerprint density at radius 2 is 2.06 bits per heavy atom. The lowest BCUT2D eigenvalue weighted by atomic mass is 10.0. The van der Waals surface area contributed by atoms with Crippen LogP contribution in [0, 0.1) is 0 Å². The van der Waals surface area contributed by atoms with Crippen molar-refractivity contribution in [2.75, 3.05) is 10.6 Å². The quantitative estimate of drug-likeness (QED) is 0.510. The van der Waals surface area contributed by atoms with Gasteiger partial charge in [-0.25, -0.2) is 0 Å². The van der Waals surface area contributed by atoms with Crippen molar-refractivity contribution in [1.29, 1.82) is 0 Å². The van der Waals surface area contributed by atoms with E-state index in [9.17, 15) is 18.4 Å². The van der Waals surface area contributed by atoms with E-state index in [1.54, 1.807) is 18.2 Å². The number of amides is 2. The highest BCUT2D eigenvalue weighted by molar-refractivity contribution is 5.99. The molecule has 1 aromatic heterocycles. The number of H-pyrrole nitrogens is 1. The second-order valence-corrected chi connectivity index (χ2v) is 7.00. The minimum Gasteiger partial charge on any atom is -0.434 e. The largest absolute Gasteiger partial charge is 0.434 e. The summed E-state index contributed by atoms with van der Waals surface area (Å²) in [5, 5.41) is 11.9. The number of aryl methyl sites for hydroxylation is 1. The molecule has 2 amide bonds. The van der Waals surface area contributed by atoms with Gasteiger partial charge in [-0.2, -0.15) is 13.8 Å². The summed E-state index contributed by atoms with van der Waals surface area (Å²) in [6, 6.07) is 12.0. The number of nitrogens with one attached hydrogen (secondary N) is 3. The van der Waals surface area contributed by atoms with Crippen molar-refractivity contribution >= 4 is 23.5 Å². The van der Waals surface area contributed by atoms with Gasteiger partial charge in [0, 0.05) is 12.1 Å². The predicted octanol–water partition coefficient (Wildman–Crippen LogP) is 3.53. The zero-order valence-corrected chi connectivity index (χ0v) is 16.3. The van der Waals surface area contributed by atoms with Gasteiger partial charge < -0.3 is 10.1 Å². The van der Waals surface area contributed by atoms with Crippen LogP contribution in [-0.2, 0) is 22.4 Å². The van der Waals surface area contributed by atoms with E-state index in [1.165, 1.54) is 6.07 Å². The molecule has 1 aliphatic rings. The number of nitrogens with zero attached hydrogens (tertiary/aromatic N) is 2. The SMILES string of the molecule is O=C(CCCc1ccc2c(c1)CC(=O)N2)Nc1n[nH]c(-c2ccccc2OC(F)F)n1. The van der Waals surface area contributed by atoms with Crippen LogP contribution in [0.15, 0.2) is 42.5 Å². The molecular formula is C21H19F2N5O3. The molecule has 0 spiro atoms. The second kappa shape index (κ2) is 8.90. The topological polar surface area (TPSA) is 109 Å². The Balaban J connectivity index is 1.31. The van der Waals surface area contributed by atoms with Gasteiger partial charge in [0.2, 0.25) is 17.8 Å². The molecule has 3 N–H and O–H groups in total. The molecule has 1 aliphatic heterocycles. The number of halogens is 2. The molecule has 0 fully saturated rings. The molecule has 3 aromatic rings. The molecule has 0 aliphatic carbocycles. The zero-order chi connectivity index (χ0) is 21.8. The first-order valence-electron chi connectivity index (χ1n) is 9.66. The minimum absolute atomic E-state index is 0.0132. The smallest absolute Gasteiger partial charge is 0.387 e. The fraction of sp³-hybridized carbons (Fsp3) is 0.238. The molecule has 0 unspecified atom stereocenters. The van der Waals surface area contributed by atoms with Gasteiger partial charge in [-0.15, -0.1) is 5.10 Å². The number of para-hydroxylation sites is 1. The predicted molar refractivity (Wildman–Crippen MR) is 109 cm³/mol. The first-order valence-corrected chi connectivity index (χ1v) is 9.66. The van der Waals surface area contributed by atoms with Crippen LogP contribution in [0.25, 0.3) is 11.4 Å². The molecule has 4 rings (SSSR count). The summed E-state index contributed by atoms with van der Waals surface area (Å²) in [7, 11) is 0. The average molecular weight is 427 g/mol. The fourth-order valence-corrected chi connectivity index (χ4v) is 3.38. The molecule has 10 heteroatoms. The third-order valence-electron chi connectivity index (χ3n) is 4.76. The Morgan fingerprint density at radius 3 is 2.90 bits per heavy atom. The number of ether oxygens (including phenoxy) is 1. The monoisotopic (exact) mass is 427 g/mol. The molecule has 2 aromatic carbocycles. The van der Waals surface area contributed by atoms with Gasteiger partial charge >= 0.3 is 6.61 Å². The van der Waals surface area contributed by atoms with E-state index in [2.05, 4.69) is 30.6 Å². The highest BCUT2D eigenvalue weighted by Gasteiger charge is 2.18. The number of alkyl halides is 2. The third-order valence-corrected chi connectivity index (χ3v) is 4.76.